The van der Waals surface area contributed by atoms with Crippen LogP contribution in [0.1, 0.15) is 10.5 Å². The van der Waals surface area contributed by atoms with E-state index in [9.17, 15) is 19.1 Å². The van der Waals surface area contributed by atoms with Crippen molar-refractivity contribution in [2.75, 3.05) is 6.54 Å². The molecule has 0 radical (unpaired) electrons. The van der Waals surface area contributed by atoms with Gasteiger partial charge in [-0.2, -0.15) is 5.10 Å². The van der Waals surface area contributed by atoms with Gasteiger partial charge in [-0.1, -0.05) is 30.3 Å². The molecular weight excluding hydrogens is 367 g/mol. The van der Waals surface area contributed by atoms with E-state index < -0.39 is 18.4 Å². The molecule has 4 rings (SSSR count). The lowest BCUT2D eigenvalue weighted by molar-refractivity contribution is -0.135. The van der Waals surface area contributed by atoms with Gasteiger partial charge in [-0.25, -0.2) is 13.9 Å². The van der Waals surface area contributed by atoms with Crippen molar-refractivity contribution in [3.63, 3.8) is 0 Å². The third-order valence-corrected chi connectivity index (χ3v) is 4.30. The maximum absolute atomic E-state index is 13.3. The van der Waals surface area contributed by atoms with Crippen LogP contribution in [0.4, 0.5) is 4.39 Å². The number of halogens is 1. The van der Waals surface area contributed by atoms with Gasteiger partial charge in [0.15, 0.2) is 17.1 Å². The predicted molar refractivity (Wildman–Crippen MR) is 97.5 cm³/mol. The van der Waals surface area contributed by atoms with E-state index in [2.05, 4.69) is 15.4 Å². The van der Waals surface area contributed by atoms with E-state index in [1.807, 2.05) is 0 Å². The molecule has 0 unspecified atom stereocenters. The summed E-state index contributed by atoms with van der Waals surface area (Å²) in [6.45, 7) is -0.609. The van der Waals surface area contributed by atoms with Crippen molar-refractivity contribution >= 4 is 28.3 Å². The summed E-state index contributed by atoms with van der Waals surface area (Å²) in [7, 11) is 0. The number of pyridine rings is 1. The summed E-state index contributed by atoms with van der Waals surface area (Å²) in [5, 5.41) is 26.6. The summed E-state index contributed by atoms with van der Waals surface area (Å²) < 4.78 is 14.5. The quantitative estimate of drug-likeness (QED) is 0.500. The second kappa shape index (κ2) is 6.62. The van der Waals surface area contributed by atoms with E-state index >= 15 is 0 Å². The van der Waals surface area contributed by atoms with E-state index in [-0.39, 0.29) is 17.3 Å². The molecule has 8 nitrogen and oxygen atoms in total. The lowest BCUT2D eigenvalue weighted by Crippen LogP contribution is -2.31. The van der Waals surface area contributed by atoms with Gasteiger partial charge in [-0.05, 0) is 23.3 Å². The van der Waals surface area contributed by atoms with Crippen molar-refractivity contribution in [2.45, 2.75) is 0 Å². The number of aliphatic carboxylic acids is 1. The van der Waals surface area contributed by atoms with Crippen LogP contribution in [-0.2, 0) is 4.79 Å². The lowest BCUT2D eigenvalue weighted by atomic mass is 9.98. The van der Waals surface area contributed by atoms with E-state index in [1.165, 1.54) is 18.5 Å². The molecule has 2 aromatic heterocycles. The third kappa shape index (κ3) is 2.78. The molecule has 0 saturated heterocycles. The molecule has 28 heavy (non-hydrogen) atoms. The minimum absolute atomic E-state index is 0.225. The Balaban J connectivity index is 2.00. The fourth-order valence-corrected chi connectivity index (χ4v) is 3.11. The Kier molecular flexibility index (Phi) is 4.11. The van der Waals surface area contributed by atoms with Crippen LogP contribution in [-0.4, -0.2) is 43.2 Å². The molecule has 0 atom stereocenters. The Morgan fingerprint density at radius 2 is 1.89 bits per heavy atom. The number of aromatic nitrogens is 3. The van der Waals surface area contributed by atoms with Crippen molar-refractivity contribution in [1.29, 1.82) is 0 Å². The van der Waals surface area contributed by atoms with Gasteiger partial charge in [-0.3, -0.25) is 9.59 Å². The standard InChI is InChI=1S/C19H13FN4O4/c20-11-6-4-10(5-7-11)12-2-1-3-13-15(12)18-22-9-23-24(18)16(17(13)27)19(28)21-8-14(25)26/h1-7,9,27H,8H2,(H,21,28)(H,25,26). The van der Waals surface area contributed by atoms with Crippen LogP contribution < -0.4 is 5.32 Å². The lowest BCUT2D eigenvalue weighted by Gasteiger charge is -2.13. The van der Waals surface area contributed by atoms with Gasteiger partial charge >= 0.3 is 5.97 Å². The molecule has 0 fully saturated rings. The molecule has 4 aromatic rings. The highest BCUT2D eigenvalue weighted by Gasteiger charge is 2.23. The number of carboxylic acids is 1. The van der Waals surface area contributed by atoms with E-state index in [0.29, 0.717) is 27.5 Å². The van der Waals surface area contributed by atoms with Gasteiger partial charge < -0.3 is 15.5 Å². The van der Waals surface area contributed by atoms with Crippen LogP contribution in [0, 0.1) is 5.82 Å². The van der Waals surface area contributed by atoms with Crippen LogP contribution in [0.3, 0.4) is 0 Å². The predicted octanol–water partition coefficient (Wildman–Crippen LogP) is 2.21. The molecule has 0 aliphatic heterocycles. The van der Waals surface area contributed by atoms with Gasteiger partial charge in [-0.15, -0.1) is 0 Å². The zero-order valence-electron chi connectivity index (χ0n) is 14.3. The minimum atomic E-state index is -1.22. The maximum atomic E-state index is 13.3. The molecule has 0 aliphatic carbocycles. The Hall–Kier alpha value is -4.01. The first-order chi connectivity index (χ1) is 13.5. The molecule has 9 heteroatoms. The van der Waals surface area contributed by atoms with Gasteiger partial charge in [0.1, 0.15) is 18.7 Å². The largest absolute Gasteiger partial charge is 0.505 e. The molecule has 2 aromatic carbocycles. The van der Waals surface area contributed by atoms with Gasteiger partial charge in [0, 0.05) is 10.8 Å². The second-order valence-electron chi connectivity index (χ2n) is 6.00. The van der Waals surface area contributed by atoms with Crippen LogP contribution in [0.15, 0.2) is 48.8 Å². The van der Waals surface area contributed by atoms with Crippen LogP contribution in [0.2, 0.25) is 0 Å². The molecule has 0 bridgehead atoms. The summed E-state index contributed by atoms with van der Waals surface area (Å²) >= 11 is 0. The number of amides is 1. The number of hydrogen-bond donors (Lipinski definition) is 3. The first kappa shape index (κ1) is 17.4. The number of carbonyl (C=O) groups is 2. The highest BCUT2D eigenvalue weighted by atomic mass is 19.1. The fraction of sp³-hybridized carbons (Fsp3) is 0.0526. The van der Waals surface area contributed by atoms with Crippen molar-refractivity contribution in [2.24, 2.45) is 0 Å². The Morgan fingerprint density at radius 1 is 1.14 bits per heavy atom. The zero-order valence-corrected chi connectivity index (χ0v) is 14.3. The number of nitrogens with one attached hydrogen (secondary N) is 1. The van der Waals surface area contributed by atoms with Crippen molar-refractivity contribution in [3.8, 4) is 16.9 Å². The molecule has 1 amide bonds. The summed E-state index contributed by atoms with van der Waals surface area (Å²) in [6.07, 6.45) is 1.23. The van der Waals surface area contributed by atoms with Gasteiger partial charge in [0.05, 0.1) is 0 Å². The number of aromatic hydroxyl groups is 1. The fourth-order valence-electron chi connectivity index (χ4n) is 3.11. The van der Waals surface area contributed by atoms with E-state index in [0.717, 1.165) is 4.52 Å². The van der Waals surface area contributed by atoms with E-state index in [1.54, 1.807) is 30.3 Å². The third-order valence-electron chi connectivity index (χ3n) is 4.30. The Bertz CT molecular complexity index is 1230. The van der Waals surface area contributed by atoms with Crippen molar-refractivity contribution in [3.05, 3.63) is 60.3 Å². The molecule has 3 N–H and O–H groups in total. The molecule has 140 valence electrons. The van der Waals surface area contributed by atoms with Crippen LogP contribution in [0.5, 0.6) is 5.75 Å². The summed E-state index contributed by atoms with van der Waals surface area (Å²) in [4.78, 5) is 27.4. The Labute approximate surface area is 156 Å². The maximum Gasteiger partial charge on any atom is 0.322 e. The first-order valence-electron chi connectivity index (χ1n) is 8.20. The monoisotopic (exact) mass is 380 g/mol. The topological polar surface area (TPSA) is 117 Å². The molecule has 0 aliphatic rings. The average molecular weight is 380 g/mol. The molecule has 2 heterocycles. The number of hydrogen-bond acceptors (Lipinski definition) is 5. The minimum Gasteiger partial charge on any atom is -0.505 e. The smallest absolute Gasteiger partial charge is 0.322 e. The van der Waals surface area contributed by atoms with E-state index in [4.69, 9.17) is 5.11 Å². The van der Waals surface area contributed by atoms with Crippen molar-refractivity contribution < 1.29 is 24.2 Å². The molecule has 0 saturated carbocycles. The SMILES string of the molecule is O=C(O)CNC(=O)c1c(O)c2cccc(-c3ccc(F)cc3)c2c2ncnn12. The molecule has 0 spiro atoms. The number of rotatable bonds is 4. The average Bonchev–Trinajstić information content (AvgIpc) is 3.16. The molecular formula is C19H13FN4O4. The number of nitrogens with zero attached hydrogens (tertiary/aromatic N) is 3. The summed E-state index contributed by atoms with van der Waals surface area (Å²) in [5.74, 6) is -2.76. The number of benzene rings is 2. The highest BCUT2D eigenvalue weighted by Crippen LogP contribution is 2.37. The van der Waals surface area contributed by atoms with Crippen LogP contribution in [0.25, 0.3) is 27.5 Å². The summed E-state index contributed by atoms with van der Waals surface area (Å²) in [6, 6.07) is 10.9. The highest BCUT2D eigenvalue weighted by molar-refractivity contribution is 6.12. The summed E-state index contributed by atoms with van der Waals surface area (Å²) in [5.41, 5.74) is 1.44. The number of carbonyl (C=O) groups excluding carboxylic acids is 1. The number of carboxylic acid groups (broad SMARTS) is 1. The van der Waals surface area contributed by atoms with Crippen molar-refractivity contribution in [1.82, 2.24) is 19.9 Å². The van der Waals surface area contributed by atoms with Gasteiger partial charge in [0.25, 0.3) is 5.91 Å². The van der Waals surface area contributed by atoms with Crippen LogP contribution >= 0.6 is 0 Å². The number of fused-ring (bicyclic) bond motifs is 3. The zero-order chi connectivity index (χ0) is 19.8. The Morgan fingerprint density at radius 3 is 2.61 bits per heavy atom. The first-order valence-corrected chi connectivity index (χ1v) is 8.20. The second-order valence-corrected chi connectivity index (χ2v) is 6.00. The van der Waals surface area contributed by atoms with Gasteiger partial charge in [0.2, 0.25) is 0 Å². The normalized spacial score (nSPS) is 11.0.